The van der Waals surface area contributed by atoms with Crippen molar-refractivity contribution in [3.8, 4) is 11.5 Å². The van der Waals surface area contributed by atoms with Gasteiger partial charge in [0, 0.05) is 11.9 Å². The highest BCUT2D eigenvalue weighted by Gasteiger charge is 2.09. The zero-order valence-corrected chi connectivity index (χ0v) is 11.8. The van der Waals surface area contributed by atoms with Crippen LogP contribution in [0.1, 0.15) is 11.3 Å². The van der Waals surface area contributed by atoms with E-state index >= 15 is 0 Å². The molecule has 1 heterocycles. The van der Waals surface area contributed by atoms with Crippen LogP contribution in [-0.2, 0) is 13.2 Å². The maximum atomic E-state index is 5.78. The van der Waals surface area contributed by atoms with Crippen LogP contribution in [0.2, 0.25) is 0 Å². The summed E-state index contributed by atoms with van der Waals surface area (Å²) < 4.78 is 16.8. The summed E-state index contributed by atoms with van der Waals surface area (Å²) in [5, 5.41) is 1.04. The Morgan fingerprint density at radius 3 is 2.62 bits per heavy atom. The molecule has 0 unspecified atom stereocenters. The highest BCUT2D eigenvalue weighted by molar-refractivity contribution is 5.81. The summed E-state index contributed by atoms with van der Waals surface area (Å²) in [6.45, 7) is 0.836. The summed E-state index contributed by atoms with van der Waals surface area (Å²) in [6, 6.07) is 15.4. The van der Waals surface area contributed by atoms with Gasteiger partial charge in [0.2, 0.25) is 0 Å². The maximum absolute atomic E-state index is 5.78. The first-order chi connectivity index (χ1) is 10.3. The summed E-state index contributed by atoms with van der Waals surface area (Å²) in [7, 11) is 1.62. The molecule has 0 amide bonds. The van der Waals surface area contributed by atoms with E-state index in [2.05, 4.69) is 0 Å². The van der Waals surface area contributed by atoms with Crippen LogP contribution in [0.4, 0.5) is 0 Å². The second-order valence-corrected chi connectivity index (χ2v) is 4.69. The molecule has 4 heteroatoms. The molecule has 0 aliphatic carbocycles. The number of para-hydroxylation sites is 2. The van der Waals surface area contributed by atoms with Gasteiger partial charge in [0.15, 0.2) is 11.5 Å². The molecule has 0 saturated carbocycles. The molecule has 2 aromatic carbocycles. The third kappa shape index (κ3) is 2.71. The topological polar surface area (TPSA) is 57.6 Å². The van der Waals surface area contributed by atoms with Crippen molar-refractivity contribution in [3.63, 3.8) is 0 Å². The average molecular weight is 283 g/mol. The van der Waals surface area contributed by atoms with Gasteiger partial charge in [-0.15, -0.1) is 0 Å². The van der Waals surface area contributed by atoms with E-state index in [0.717, 1.165) is 22.3 Å². The monoisotopic (exact) mass is 283 g/mol. The van der Waals surface area contributed by atoms with Gasteiger partial charge in [0.1, 0.15) is 18.0 Å². The number of hydrogen-bond donors (Lipinski definition) is 1. The summed E-state index contributed by atoms with van der Waals surface area (Å²) in [4.78, 5) is 0. The second-order valence-electron chi connectivity index (χ2n) is 4.69. The number of hydrogen-bond acceptors (Lipinski definition) is 4. The molecule has 108 valence electrons. The Hall–Kier alpha value is -2.46. The van der Waals surface area contributed by atoms with Gasteiger partial charge in [-0.05, 0) is 29.8 Å². The fraction of sp³-hybridized carbons (Fsp3) is 0.176. The Kier molecular flexibility index (Phi) is 3.79. The Bertz CT molecular complexity index is 749. The molecular formula is C17H17NO3. The lowest BCUT2D eigenvalue weighted by Crippen LogP contribution is -1.96. The van der Waals surface area contributed by atoms with Gasteiger partial charge in [-0.3, -0.25) is 0 Å². The lowest BCUT2D eigenvalue weighted by molar-refractivity contribution is 0.259. The van der Waals surface area contributed by atoms with Crippen molar-refractivity contribution < 1.29 is 13.9 Å². The second kappa shape index (κ2) is 5.89. The Morgan fingerprint density at radius 2 is 1.86 bits per heavy atom. The molecule has 0 saturated heterocycles. The molecule has 2 N–H and O–H groups in total. The molecule has 0 fully saturated rings. The van der Waals surface area contributed by atoms with E-state index in [-0.39, 0.29) is 0 Å². The first-order valence-electron chi connectivity index (χ1n) is 6.78. The first kappa shape index (κ1) is 13.5. The Balaban J connectivity index is 1.82. The molecule has 1 aromatic heterocycles. The van der Waals surface area contributed by atoms with Gasteiger partial charge in [-0.25, -0.2) is 0 Å². The SMILES string of the molecule is COc1ccccc1OCc1cc2c(CN)cccc2o1. The molecule has 0 atom stereocenters. The van der Waals surface area contributed by atoms with Crippen molar-refractivity contribution >= 4 is 11.0 Å². The molecule has 0 bridgehead atoms. The van der Waals surface area contributed by atoms with Crippen LogP contribution in [-0.4, -0.2) is 7.11 Å². The molecular weight excluding hydrogens is 266 g/mol. The number of ether oxygens (including phenoxy) is 2. The summed E-state index contributed by atoms with van der Waals surface area (Å²) in [5.41, 5.74) is 7.64. The van der Waals surface area contributed by atoms with Gasteiger partial charge >= 0.3 is 0 Å². The van der Waals surface area contributed by atoms with Crippen LogP contribution < -0.4 is 15.2 Å². The van der Waals surface area contributed by atoms with Crippen molar-refractivity contribution in [2.45, 2.75) is 13.2 Å². The lowest BCUT2D eigenvalue weighted by atomic mass is 10.1. The molecule has 0 aliphatic rings. The van der Waals surface area contributed by atoms with Gasteiger partial charge < -0.3 is 19.6 Å². The van der Waals surface area contributed by atoms with E-state index in [1.165, 1.54) is 0 Å². The largest absolute Gasteiger partial charge is 0.493 e. The minimum atomic E-state index is 0.346. The smallest absolute Gasteiger partial charge is 0.161 e. The third-order valence-corrected chi connectivity index (χ3v) is 3.36. The standard InChI is InChI=1S/C17H17NO3/c1-19-16-6-2-3-7-17(16)20-11-13-9-14-12(10-18)5-4-8-15(14)21-13/h2-9H,10-11,18H2,1H3. The number of nitrogens with two attached hydrogens (primary N) is 1. The Morgan fingerprint density at radius 1 is 1.05 bits per heavy atom. The number of benzene rings is 2. The lowest BCUT2D eigenvalue weighted by Gasteiger charge is -2.08. The molecule has 4 nitrogen and oxygen atoms in total. The third-order valence-electron chi connectivity index (χ3n) is 3.36. The molecule has 0 spiro atoms. The van der Waals surface area contributed by atoms with Crippen molar-refractivity contribution in [2.24, 2.45) is 5.73 Å². The van der Waals surface area contributed by atoms with Crippen LogP contribution in [0.5, 0.6) is 11.5 Å². The van der Waals surface area contributed by atoms with Crippen LogP contribution in [0.3, 0.4) is 0 Å². The fourth-order valence-electron chi connectivity index (χ4n) is 2.31. The number of rotatable bonds is 5. The number of fused-ring (bicyclic) bond motifs is 1. The van der Waals surface area contributed by atoms with Gasteiger partial charge in [0.25, 0.3) is 0 Å². The molecule has 0 aliphatic heterocycles. The fourth-order valence-corrected chi connectivity index (χ4v) is 2.31. The van der Waals surface area contributed by atoms with E-state index in [1.54, 1.807) is 7.11 Å². The zero-order valence-electron chi connectivity index (χ0n) is 11.8. The normalized spacial score (nSPS) is 10.8. The van der Waals surface area contributed by atoms with Crippen LogP contribution in [0.25, 0.3) is 11.0 Å². The minimum Gasteiger partial charge on any atom is -0.493 e. The van der Waals surface area contributed by atoms with Crippen LogP contribution in [0, 0.1) is 0 Å². The predicted octanol–water partition coefficient (Wildman–Crippen LogP) is 3.48. The van der Waals surface area contributed by atoms with E-state index in [4.69, 9.17) is 19.6 Å². The van der Waals surface area contributed by atoms with E-state index in [1.807, 2.05) is 48.5 Å². The van der Waals surface area contributed by atoms with Gasteiger partial charge in [-0.2, -0.15) is 0 Å². The van der Waals surface area contributed by atoms with E-state index in [0.29, 0.717) is 24.7 Å². The Labute approximate surface area is 123 Å². The summed E-state index contributed by atoms with van der Waals surface area (Å²) >= 11 is 0. The molecule has 3 rings (SSSR count). The highest BCUT2D eigenvalue weighted by Crippen LogP contribution is 2.28. The molecule has 21 heavy (non-hydrogen) atoms. The van der Waals surface area contributed by atoms with Gasteiger partial charge in [-0.1, -0.05) is 24.3 Å². The number of furan rings is 1. The highest BCUT2D eigenvalue weighted by atomic mass is 16.5. The maximum Gasteiger partial charge on any atom is 0.161 e. The average Bonchev–Trinajstić information content (AvgIpc) is 2.96. The summed E-state index contributed by atoms with van der Waals surface area (Å²) in [6.07, 6.45) is 0. The molecule has 0 radical (unpaired) electrons. The quantitative estimate of drug-likeness (QED) is 0.779. The predicted molar refractivity (Wildman–Crippen MR) is 81.4 cm³/mol. The van der Waals surface area contributed by atoms with Crippen LogP contribution >= 0.6 is 0 Å². The summed E-state index contributed by atoms with van der Waals surface area (Å²) in [5.74, 6) is 2.16. The van der Waals surface area contributed by atoms with Crippen molar-refractivity contribution in [1.82, 2.24) is 0 Å². The zero-order chi connectivity index (χ0) is 14.7. The van der Waals surface area contributed by atoms with E-state index in [9.17, 15) is 0 Å². The number of methoxy groups -OCH3 is 1. The minimum absolute atomic E-state index is 0.346. The van der Waals surface area contributed by atoms with Crippen LogP contribution in [0.15, 0.2) is 52.9 Å². The van der Waals surface area contributed by atoms with Gasteiger partial charge in [0.05, 0.1) is 7.11 Å². The van der Waals surface area contributed by atoms with E-state index < -0.39 is 0 Å². The first-order valence-corrected chi connectivity index (χ1v) is 6.78. The molecule has 3 aromatic rings. The van der Waals surface area contributed by atoms with Crippen molar-refractivity contribution in [1.29, 1.82) is 0 Å². The van der Waals surface area contributed by atoms with Crippen molar-refractivity contribution in [2.75, 3.05) is 7.11 Å². The van der Waals surface area contributed by atoms with Crippen molar-refractivity contribution in [3.05, 3.63) is 59.9 Å².